The van der Waals surface area contributed by atoms with Crippen LogP contribution in [0.5, 0.6) is 0 Å². The Hall–Kier alpha value is -1.60. The van der Waals surface area contributed by atoms with Gasteiger partial charge in [-0.15, -0.1) is 0 Å². The lowest BCUT2D eigenvalue weighted by Gasteiger charge is -2.12. The summed E-state index contributed by atoms with van der Waals surface area (Å²) in [6.07, 6.45) is 0.258. The van der Waals surface area contributed by atoms with Crippen molar-refractivity contribution in [2.45, 2.75) is 12.5 Å². The van der Waals surface area contributed by atoms with E-state index < -0.39 is 29.4 Å². The van der Waals surface area contributed by atoms with Gasteiger partial charge >= 0.3 is 0 Å². The summed E-state index contributed by atoms with van der Waals surface area (Å²) in [5.74, 6) is -4.97. The van der Waals surface area contributed by atoms with Gasteiger partial charge in [-0.1, -0.05) is 0 Å². The molecule has 0 bridgehead atoms. The Kier molecular flexibility index (Phi) is 5.11. The molecule has 0 aliphatic carbocycles. The molecule has 100 valence electrons. The average molecular weight is 262 g/mol. The van der Waals surface area contributed by atoms with E-state index >= 15 is 0 Å². The van der Waals surface area contributed by atoms with E-state index in [4.69, 9.17) is 10.5 Å². The number of methoxy groups -OCH3 is 1. The number of nitrogens with one attached hydrogen (secondary N) is 1. The van der Waals surface area contributed by atoms with Crippen molar-refractivity contribution in [1.82, 2.24) is 0 Å². The number of nitrogens with two attached hydrogens (primary N) is 1. The fourth-order valence-corrected chi connectivity index (χ4v) is 1.24. The Morgan fingerprint density at radius 2 is 1.94 bits per heavy atom. The minimum Gasteiger partial charge on any atom is -0.385 e. The monoisotopic (exact) mass is 262 g/mol. The molecule has 18 heavy (non-hydrogen) atoms. The smallest absolute Gasteiger partial charge is 0.241 e. The second-order valence-corrected chi connectivity index (χ2v) is 3.63. The van der Waals surface area contributed by atoms with Gasteiger partial charge in [-0.25, -0.2) is 13.2 Å². The lowest BCUT2D eigenvalue weighted by molar-refractivity contribution is -0.117. The van der Waals surface area contributed by atoms with Crippen LogP contribution in [-0.4, -0.2) is 25.7 Å². The summed E-state index contributed by atoms with van der Waals surface area (Å²) in [7, 11) is 1.45. The van der Waals surface area contributed by atoms with E-state index in [0.29, 0.717) is 12.1 Å². The number of carbonyl (C=O) groups excluding carboxylic acids is 1. The lowest BCUT2D eigenvalue weighted by atomic mass is 10.2. The van der Waals surface area contributed by atoms with Crippen LogP contribution < -0.4 is 11.1 Å². The number of rotatable bonds is 5. The molecule has 3 N–H and O–H groups in total. The fraction of sp³-hybridized carbons (Fsp3) is 0.364. The second kappa shape index (κ2) is 6.36. The standard InChI is InChI=1S/C11H13F3N2O2/c1-18-3-2-9(15)11(17)16-6-4-7(12)10(14)8(13)5-6/h4-5,9H,2-3,15H2,1H3,(H,16,17). The van der Waals surface area contributed by atoms with Gasteiger partial charge in [0.05, 0.1) is 6.04 Å². The fourth-order valence-electron chi connectivity index (χ4n) is 1.24. The minimum atomic E-state index is -1.59. The van der Waals surface area contributed by atoms with Gasteiger partial charge < -0.3 is 15.8 Å². The Morgan fingerprint density at radius 1 is 1.39 bits per heavy atom. The summed E-state index contributed by atoms with van der Waals surface area (Å²) in [6.45, 7) is 0.278. The molecule has 1 unspecified atom stereocenters. The summed E-state index contributed by atoms with van der Waals surface area (Å²) >= 11 is 0. The predicted molar refractivity (Wildman–Crippen MR) is 59.4 cm³/mol. The van der Waals surface area contributed by atoms with Crippen LogP contribution in [0.15, 0.2) is 12.1 Å². The molecule has 0 spiro atoms. The first-order chi connectivity index (χ1) is 8.45. The van der Waals surface area contributed by atoms with E-state index in [1.807, 2.05) is 0 Å². The molecule has 1 aromatic carbocycles. The van der Waals surface area contributed by atoms with Gasteiger partial charge in [0, 0.05) is 31.5 Å². The van der Waals surface area contributed by atoms with Crippen molar-refractivity contribution in [3.8, 4) is 0 Å². The Morgan fingerprint density at radius 3 is 2.44 bits per heavy atom. The number of carbonyl (C=O) groups is 1. The molecular weight excluding hydrogens is 249 g/mol. The highest BCUT2D eigenvalue weighted by Crippen LogP contribution is 2.17. The van der Waals surface area contributed by atoms with Crippen molar-refractivity contribution < 1.29 is 22.7 Å². The SMILES string of the molecule is COCCC(N)C(=O)Nc1cc(F)c(F)c(F)c1. The van der Waals surface area contributed by atoms with Gasteiger partial charge in [0.15, 0.2) is 17.5 Å². The van der Waals surface area contributed by atoms with Crippen LogP contribution in [0.1, 0.15) is 6.42 Å². The Bertz CT molecular complexity index is 417. The summed E-state index contributed by atoms with van der Waals surface area (Å²) in [5, 5.41) is 2.19. The normalized spacial score (nSPS) is 12.3. The predicted octanol–water partition coefficient (Wildman–Crippen LogP) is 1.41. The van der Waals surface area contributed by atoms with Gasteiger partial charge in [0.2, 0.25) is 5.91 Å². The third-order valence-corrected chi connectivity index (χ3v) is 2.22. The highest BCUT2D eigenvalue weighted by Gasteiger charge is 2.16. The number of benzene rings is 1. The number of hydrogen-bond acceptors (Lipinski definition) is 3. The summed E-state index contributed by atoms with van der Waals surface area (Å²) < 4.78 is 43.2. The number of ether oxygens (including phenoxy) is 1. The first kappa shape index (κ1) is 14.5. The van der Waals surface area contributed by atoms with Crippen LogP contribution >= 0.6 is 0 Å². The van der Waals surface area contributed by atoms with E-state index in [0.717, 1.165) is 0 Å². The van der Waals surface area contributed by atoms with Crippen molar-refractivity contribution in [2.75, 3.05) is 19.0 Å². The van der Waals surface area contributed by atoms with E-state index in [1.165, 1.54) is 7.11 Å². The first-order valence-electron chi connectivity index (χ1n) is 5.15. The molecule has 0 saturated heterocycles. The topological polar surface area (TPSA) is 64.3 Å². The quantitative estimate of drug-likeness (QED) is 0.788. The van der Waals surface area contributed by atoms with Crippen molar-refractivity contribution >= 4 is 11.6 Å². The Balaban J connectivity index is 2.70. The average Bonchev–Trinajstić information content (AvgIpc) is 2.32. The third kappa shape index (κ3) is 3.71. The Labute approximate surface area is 102 Å². The number of anilines is 1. The molecule has 0 aliphatic heterocycles. The van der Waals surface area contributed by atoms with Gasteiger partial charge in [0.25, 0.3) is 0 Å². The maximum Gasteiger partial charge on any atom is 0.241 e. The van der Waals surface area contributed by atoms with E-state index in [9.17, 15) is 18.0 Å². The highest BCUT2D eigenvalue weighted by molar-refractivity contribution is 5.94. The first-order valence-corrected chi connectivity index (χ1v) is 5.15. The van der Waals surface area contributed by atoms with Crippen LogP contribution in [0.2, 0.25) is 0 Å². The molecule has 0 aromatic heterocycles. The minimum absolute atomic E-state index is 0.190. The maximum atomic E-state index is 12.9. The number of hydrogen-bond donors (Lipinski definition) is 2. The van der Waals surface area contributed by atoms with Gasteiger partial charge in [-0.2, -0.15) is 0 Å². The summed E-state index contributed by atoms with van der Waals surface area (Å²) in [6, 6.07) is 0.486. The molecule has 1 aromatic rings. The van der Waals surface area contributed by atoms with E-state index in [-0.39, 0.29) is 18.7 Å². The molecule has 1 amide bonds. The highest BCUT2D eigenvalue weighted by atomic mass is 19.2. The number of amides is 1. The van der Waals surface area contributed by atoms with Crippen LogP contribution in [0, 0.1) is 17.5 Å². The molecule has 0 heterocycles. The summed E-state index contributed by atoms with van der Waals surface area (Å²) in [4.78, 5) is 11.5. The van der Waals surface area contributed by atoms with E-state index in [2.05, 4.69) is 5.32 Å². The zero-order chi connectivity index (χ0) is 13.7. The van der Waals surface area contributed by atoms with Crippen molar-refractivity contribution in [3.05, 3.63) is 29.6 Å². The molecule has 1 atom stereocenters. The third-order valence-electron chi connectivity index (χ3n) is 2.22. The molecule has 4 nitrogen and oxygen atoms in total. The summed E-state index contributed by atoms with van der Waals surface area (Å²) in [5.41, 5.74) is 5.31. The van der Waals surface area contributed by atoms with Crippen LogP contribution in [-0.2, 0) is 9.53 Å². The van der Waals surface area contributed by atoms with Crippen molar-refractivity contribution in [1.29, 1.82) is 0 Å². The lowest BCUT2D eigenvalue weighted by Crippen LogP contribution is -2.36. The largest absolute Gasteiger partial charge is 0.385 e. The van der Waals surface area contributed by atoms with Crippen molar-refractivity contribution in [3.63, 3.8) is 0 Å². The zero-order valence-corrected chi connectivity index (χ0v) is 9.67. The van der Waals surface area contributed by atoms with Crippen molar-refractivity contribution in [2.24, 2.45) is 5.73 Å². The molecule has 1 rings (SSSR count). The molecule has 7 heteroatoms. The van der Waals surface area contributed by atoms with Crippen LogP contribution in [0.4, 0.5) is 18.9 Å². The van der Waals surface area contributed by atoms with Crippen LogP contribution in [0.25, 0.3) is 0 Å². The molecule has 0 aliphatic rings. The van der Waals surface area contributed by atoms with Gasteiger partial charge in [-0.05, 0) is 6.42 Å². The van der Waals surface area contributed by atoms with Gasteiger partial charge in [0.1, 0.15) is 0 Å². The maximum absolute atomic E-state index is 12.9. The molecule has 0 radical (unpaired) electrons. The zero-order valence-electron chi connectivity index (χ0n) is 9.67. The van der Waals surface area contributed by atoms with E-state index in [1.54, 1.807) is 0 Å². The van der Waals surface area contributed by atoms with Crippen LogP contribution in [0.3, 0.4) is 0 Å². The molecular formula is C11H13F3N2O2. The molecule has 0 fully saturated rings. The number of halogens is 3. The van der Waals surface area contributed by atoms with Gasteiger partial charge in [-0.3, -0.25) is 4.79 Å². The second-order valence-electron chi connectivity index (χ2n) is 3.63. The molecule has 0 saturated carbocycles.